The third-order valence-corrected chi connectivity index (χ3v) is 14.6. The zero-order valence-electron chi connectivity index (χ0n) is 38.8. The largest absolute Gasteiger partial charge is 0.420 e. The summed E-state index contributed by atoms with van der Waals surface area (Å²) >= 11 is 0. The lowest BCUT2D eigenvalue weighted by molar-refractivity contribution is -0.136. The van der Waals surface area contributed by atoms with Crippen LogP contribution in [0.25, 0.3) is 0 Å². The van der Waals surface area contributed by atoms with Crippen molar-refractivity contribution in [3.05, 3.63) is 89.7 Å². The summed E-state index contributed by atoms with van der Waals surface area (Å²) in [6.07, 6.45) is -0.491. The van der Waals surface area contributed by atoms with E-state index >= 15 is 0 Å². The molecule has 0 amide bonds. The van der Waals surface area contributed by atoms with Crippen molar-refractivity contribution in [1.29, 1.82) is 0 Å². The number of carbonyl (C=O) groups excluding carboxylic acids is 1. The molecule has 67 heavy (non-hydrogen) atoms. The smallest absolute Gasteiger partial charge is 0.313 e. The monoisotopic (exact) mass is 978 g/mol. The van der Waals surface area contributed by atoms with Gasteiger partial charge in [0.25, 0.3) is 8.32 Å². The highest BCUT2D eigenvalue weighted by atomic mass is 28.4. The maximum atomic E-state index is 13.6. The standard InChI is InChI=1S/C47H67F5O14Si/c1-47(2,3)67(38-10-6-4-7-11-38,39-12-8-5-9-13-39)65-37-36-64-35-34-63-33-32-62-31-30-61-29-28-60-27-26-59-25-24-58-23-22-57-21-20-56-19-18-55-17-16-54-15-14-40(53)66-46-44(51)42(49)41(48)43(50)45(46)52/h4-13H,14-37H2,1-3H3. The van der Waals surface area contributed by atoms with Crippen molar-refractivity contribution in [3.63, 3.8) is 0 Å². The summed E-state index contributed by atoms with van der Waals surface area (Å²) in [5, 5.41) is 2.41. The number of hydrogen-bond acceptors (Lipinski definition) is 14. The van der Waals surface area contributed by atoms with Crippen LogP contribution in [0.1, 0.15) is 27.2 Å². The van der Waals surface area contributed by atoms with Crippen LogP contribution in [-0.2, 0) is 61.3 Å². The van der Waals surface area contributed by atoms with Crippen LogP contribution in [0.15, 0.2) is 60.7 Å². The first-order valence-electron chi connectivity index (χ1n) is 22.3. The van der Waals surface area contributed by atoms with Gasteiger partial charge in [-0.1, -0.05) is 81.4 Å². The van der Waals surface area contributed by atoms with Gasteiger partial charge in [0.05, 0.1) is 158 Å². The highest BCUT2D eigenvalue weighted by Gasteiger charge is 2.50. The van der Waals surface area contributed by atoms with E-state index in [9.17, 15) is 26.7 Å². The highest BCUT2D eigenvalue weighted by molar-refractivity contribution is 6.99. The minimum atomic E-state index is -2.57. The van der Waals surface area contributed by atoms with E-state index in [0.717, 1.165) is 0 Å². The molecule has 3 rings (SSSR count). The lowest BCUT2D eigenvalue weighted by Crippen LogP contribution is -2.66. The van der Waals surface area contributed by atoms with Gasteiger partial charge in [-0.2, -0.15) is 8.78 Å². The van der Waals surface area contributed by atoms with Gasteiger partial charge in [-0.15, -0.1) is 0 Å². The van der Waals surface area contributed by atoms with Crippen molar-refractivity contribution >= 4 is 24.7 Å². The second kappa shape index (κ2) is 34.7. The Morgan fingerprint density at radius 2 is 0.642 bits per heavy atom. The molecule has 0 aliphatic carbocycles. The van der Waals surface area contributed by atoms with Crippen molar-refractivity contribution < 1.29 is 88.0 Å². The van der Waals surface area contributed by atoms with Crippen molar-refractivity contribution in [2.75, 3.05) is 152 Å². The summed E-state index contributed by atoms with van der Waals surface area (Å²) in [4.78, 5) is 11.7. The van der Waals surface area contributed by atoms with Crippen LogP contribution in [0.4, 0.5) is 22.0 Å². The second-order valence-electron chi connectivity index (χ2n) is 15.4. The van der Waals surface area contributed by atoms with Gasteiger partial charge in [-0.25, -0.2) is 13.2 Å². The van der Waals surface area contributed by atoms with Crippen molar-refractivity contribution in [1.82, 2.24) is 0 Å². The third-order valence-electron chi connectivity index (χ3n) is 9.52. The van der Waals surface area contributed by atoms with Gasteiger partial charge in [0.2, 0.25) is 34.8 Å². The second-order valence-corrected chi connectivity index (χ2v) is 19.7. The number of benzene rings is 3. The van der Waals surface area contributed by atoms with Gasteiger partial charge in [-0.3, -0.25) is 4.79 Å². The van der Waals surface area contributed by atoms with Crippen molar-refractivity contribution in [2.24, 2.45) is 0 Å². The van der Waals surface area contributed by atoms with Crippen molar-refractivity contribution in [2.45, 2.75) is 32.2 Å². The van der Waals surface area contributed by atoms with Crippen LogP contribution in [0.3, 0.4) is 0 Å². The van der Waals surface area contributed by atoms with Crippen LogP contribution in [-0.4, -0.2) is 166 Å². The minimum Gasteiger partial charge on any atom is -0.420 e. The first-order chi connectivity index (χ1) is 32.5. The average molecular weight is 979 g/mol. The van der Waals surface area contributed by atoms with E-state index in [0.29, 0.717) is 126 Å². The SMILES string of the molecule is CC(C)(C)[Si](OCCOCCOCCOCCOCCOCCOCCOCCOCCOCCOCCOCCC(=O)Oc1c(F)c(F)c(F)c(F)c1F)(c1ccccc1)c1ccccc1. The quantitative estimate of drug-likeness (QED) is 0.0136. The molecule has 0 aliphatic rings. The summed E-state index contributed by atoms with van der Waals surface area (Å²) < 4.78 is 138. The van der Waals surface area contributed by atoms with Crippen molar-refractivity contribution in [3.8, 4) is 5.75 Å². The van der Waals surface area contributed by atoms with E-state index in [4.69, 9.17) is 56.5 Å². The normalized spacial score (nSPS) is 12.0. The predicted molar refractivity (Wildman–Crippen MR) is 239 cm³/mol. The maximum absolute atomic E-state index is 13.6. The molecule has 0 spiro atoms. The van der Waals surface area contributed by atoms with Crippen LogP contribution < -0.4 is 15.1 Å². The van der Waals surface area contributed by atoms with Crippen LogP contribution >= 0.6 is 0 Å². The molecule has 0 aliphatic heterocycles. The van der Waals surface area contributed by atoms with Gasteiger partial charge >= 0.3 is 5.97 Å². The van der Waals surface area contributed by atoms with E-state index in [1.54, 1.807) is 0 Å². The Morgan fingerprint density at radius 3 is 0.925 bits per heavy atom. The van der Waals surface area contributed by atoms with Gasteiger partial charge in [-0.05, 0) is 15.4 Å². The molecule has 20 heteroatoms. The first-order valence-corrected chi connectivity index (χ1v) is 24.2. The number of halogens is 5. The number of hydrogen-bond donors (Lipinski definition) is 0. The van der Waals surface area contributed by atoms with E-state index in [1.807, 2.05) is 12.1 Å². The fourth-order valence-corrected chi connectivity index (χ4v) is 10.9. The zero-order valence-corrected chi connectivity index (χ0v) is 39.8. The molecule has 0 atom stereocenters. The fraction of sp³-hybridized carbons (Fsp3) is 0.596. The number of carbonyl (C=O) groups is 1. The Balaban J connectivity index is 0.986. The van der Waals surface area contributed by atoms with E-state index in [1.165, 1.54) is 10.4 Å². The molecular weight excluding hydrogens is 912 g/mol. The Labute approximate surface area is 391 Å². The van der Waals surface area contributed by atoms with Gasteiger partial charge < -0.3 is 61.3 Å². The molecule has 3 aromatic carbocycles. The lowest BCUT2D eigenvalue weighted by Gasteiger charge is -2.43. The Kier molecular flexibility index (Phi) is 30.0. The molecule has 0 unspecified atom stereocenters. The Morgan fingerprint density at radius 1 is 0.388 bits per heavy atom. The molecule has 0 saturated carbocycles. The van der Waals surface area contributed by atoms with Gasteiger partial charge in [0.1, 0.15) is 0 Å². The number of rotatable bonds is 40. The minimum absolute atomic E-state index is 0.0759. The van der Waals surface area contributed by atoms with Crippen LogP contribution in [0, 0.1) is 29.1 Å². The first kappa shape index (κ1) is 57.8. The fourth-order valence-electron chi connectivity index (χ4n) is 6.31. The van der Waals surface area contributed by atoms with E-state index < -0.39 is 55.5 Å². The summed E-state index contributed by atoms with van der Waals surface area (Å²) in [6.45, 7) is 15.3. The molecule has 0 saturated heterocycles. The average Bonchev–Trinajstić information content (AvgIpc) is 3.32. The van der Waals surface area contributed by atoms with Gasteiger partial charge in [0.15, 0.2) is 0 Å². The van der Waals surface area contributed by atoms with Crippen LogP contribution in [0.2, 0.25) is 5.04 Å². The Bertz CT molecular complexity index is 1680. The molecule has 0 bridgehead atoms. The summed E-state index contributed by atoms with van der Waals surface area (Å²) in [5.74, 6) is -14.2. The third kappa shape index (κ3) is 22.2. The lowest BCUT2D eigenvalue weighted by atomic mass is 10.2. The molecule has 0 radical (unpaired) electrons. The predicted octanol–water partition coefficient (Wildman–Crippen LogP) is 5.44. The number of ether oxygens (including phenoxy) is 12. The molecule has 3 aromatic rings. The topological polar surface area (TPSA) is 137 Å². The molecule has 0 fully saturated rings. The van der Waals surface area contributed by atoms with E-state index in [-0.39, 0.29) is 31.5 Å². The summed E-state index contributed by atoms with van der Waals surface area (Å²) in [7, 11) is -2.57. The number of esters is 1. The Hall–Kier alpha value is -3.48. The van der Waals surface area contributed by atoms with E-state index in [2.05, 4.69) is 74.0 Å². The molecule has 378 valence electrons. The van der Waals surface area contributed by atoms with Gasteiger partial charge in [0, 0.05) is 0 Å². The molecular formula is C47H67F5O14Si. The summed E-state index contributed by atoms with van der Waals surface area (Å²) in [6, 6.07) is 21.1. The molecule has 14 nitrogen and oxygen atoms in total. The molecule has 0 N–H and O–H groups in total. The summed E-state index contributed by atoms with van der Waals surface area (Å²) in [5.41, 5.74) is 0. The maximum Gasteiger partial charge on any atom is 0.313 e. The molecule has 0 aromatic heterocycles. The highest BCUT2D eigenvalue weighted by Crippen LogP contribution is 2.36. The van der Waals surface area contributed by atoms with Crippen LogP contribution in [0.5, 0.6) is 5.75 Å². The molecule has 0 heterocycles. The zero-order chi connectivity index (χ0) is 48.4.